The zero-order chi connectivity index (χ0) is 13.4. The molecule has 0 amide bonds. The molecule has 0 aliphatic carbocycles. The first-order valence-electron chi connectivity index (χ1n) is 6.61. The van der Waals surface area contributed by atoms with E-state index in [1.165, 1.54) is 5.56 Å². The second-order valence-electron chi connectivity index (χ2n) is 4.68. The van der Waals surface area contributed by atoms with E-state index in [-0.39, 0.29) is 0 Å². The fraction of sp³-hybridized carbons (Fsp3) is 0.600. The van der Waals surface area contributed by atoms with Crippen LogP contribution in [-0.4, -0.2) is 43.5 Å². The lowest BCUT2D eigenvalue weighted by atomic mass is 10.00. The summed E-state index contributed by atoms with van der Waals surface area (Å²) in [7, 11) is 1.76. The summed E-state index contributed by atoms with van der Waals surface area (Å²) in [4.78, 5) is 2.46. The van der Waals surface area contributed by atoms with E-state index < -0.39 is 0 Å². The lowest BCUT2D eigenvalue weighted by molar-refractivity contribution is 0.0997. The maximum atomic E-state index is 5.25. The summed E-state index contributed by atoms with van der Waals surface area (Å²) in [5.41, 5.74) is 1.37. The van der Waals surface area contributed by atoms with Crippen molar-refractivity contribution in [2.24, 2.45) is 0 Å². The Morgan fingerprint density at radius 3 is 2.44 bits per heavy atom. The zero-order valence-corrected chi connectivity index (χ0v) is 12.6. The molecule has 1 aromatic carbocycles. The number of hydrogen-bond donors (Lipinski definition) is 1. The van der Waals surface area contributed by atoms with Gasteiger partial charge in [-0.2, -0.15) is 12.6 Å². The quantitative estimate of drug-likeness (QED) is 0.727. The Bertz CT molecular complexity index is 318. The van der Waals surface area contributed by atoms with Crippen molar-refractivity contribution in [3.8, 4) is 0 Å². The summed E-state index contributed by atoms with van der Waals surface area (Å²) in [6.07, 6.45) is 0. The molecule has 0 saturated heterocycles. The number of methoxy groups -OCH3 is 1. The highest BCUT2D eigenvalue weighted by Crippen LogP contribution is 2.19. The second-order valence-corrected chi connectivity index (χ2v) is 5.05. The van der Waals surface area contributed by atoms with E-state index in [1.807, 2.05) is 0 Å². The van der Waals surface area contributed by atoms with Crippen molar-refractivity contribution < 1.29 is 4.74 Å². The monoisotopic (exact) mass is 267 g/mol. The maximum absolute atomic E-state index is 5.25. The van der Waals surface area contributed by atoms with Crippen molar-refractivity contribution in [1.29, 1.82) is 0 Å². The highest BCUT2D eigenvalue weighted by Gasteiger charge is 2.18. The van der Waals surface area contributed by atoms with E-state index in [0.29, 0.717) is 12.0 Å². The van der Waals surface area contributed by atoms with E-state index in [4.69, 9.17) is 4.74 Å². The molecule has 0 N–H and O–H groups in total. The fourth-order valence-corrected chi connectivity index (χ4v) is 2.57. The van der Waals surface area contributed by atoms with Crippen LogP contribution >= 0.6 is 12.6 Å². The van der Waals surface area contributed by atoms with Crippen LogP contribution in [0.3, 0.4) is 0 Å². The van der Waals surface area contributed by atoms with Crippen molar-refractivity contribution >= 4 is 12.6 Å². The Hall–Kier alpha value is -0.510. The summed E-state index contributed by atoms with van der Waals surface area (Å²) in [6.45, 7) is 7.28. The molecule has 0 bridgehead atoms. The summed E-state index contributed by atoms with van der Waals surface area (Å²) in [6, 6.07) is 11.1. The van der Waals surface area contributed by atoms with Crippen LogP contribution < -0.4 is 0 Å². The number of nitrogens with zero attached hydrogens (tertiary/aromatic N) is 1. The molecule has 0 aliphatic rings. The van der Waals surface area contributed by atoms with Gasteiger partial charge in [0.2, 0.25) is 0 Å². The minimum Gasteiger partial charge on any atom is -0.383 e. The minimum atomic E-state index is 0.450. The van der Waals surface area contributed by atoms with Crippen LogP contribution in [0.1, 0.15) is 25.3 Å². The Morgan fingerprint density at radius 2 is 1.94 bits per heavy atom. The molecule has 0 radical (unpaired) electrons. The number of likely N-dealkylation sites (N-methyl/N-ethyl adjacent to an activating group) is 1. The van der Waals surface area contributed by atoms with Crippen LogP contribution in [0, 0.1) is 0 Å². The van der Waals surface area contributed by atoms with Gasteiger partial charge in [-0.1, -0.05) is 37.3 Å². The first kappa shape index (κ1) is 15.5. The molecule has 0 heterocycles. The predicted octanol–water partition coefficient (Wildman–Crippen LogP) is 3.06. The van der Waals surface area contributed by atoms with Crippen molar-refractivity contribution in [3.63, 3.8) is 0 Å². The van der Waals surface area contributed by atoms with Crippen molar-refractivity contribution in [2.75, 3.05) is 32.6 Å². The Labute approximate surface area is 117 Å². The molecular weight excluding hydrogens is 242 g/mol. The third-order valence-electron chi connectivity index (χ3n) is 3.38. The largest absolute Gasteiger partial charge is 0.383 e. The van der Waals surface area contributed by atoms with Gasteiger partial charge in [0.05, 0.1) is 6.61 Å². The van der Waals surface area contributed by atoms with Crippen LogP contribution in [-0.2, 0) is 4.74 Å². The maximum Gasteiger partial charge on any atom is 0.0615 e. The molecule has 0 spiro atoms. The molecule has 18 heavy (non-hydrogen) atoms. The third kappa shape index (κ3) is 4.63. The molecule has 0 aromatic heterocycles. The van der Waals surface area contributed by atoms with Gasteiger partial charge in [-0.3, -0.25) is 4.90 Å². The van der Waals surface area contributed by atoms with Gasteiger partial charge in [-0.15, -0.1) is 0 Å². The van der Waals surface area contributed by atoms with E-state index >= 15 is 0 Å². The average Bonchev–Trinajstić information content (AvgIpc) is 2.41. The van der Waals surface area contributed by atoms with Crippen LogP contribution in [0.15, 0.2) is 30.3 Å². The lowest BCUT2D eigenvalue weighted by Gasteiger charge is -2.31. The molecule has 2 nitrogen and oxygen atoms in total. The topological polar surface area (TPSA) is 12.5 Å². The van der Waals surface area contributed by atoms with Crippen molar-refractivity contribution in [3.05, 3.63) is 35.9 Å². The smallest absolute Gasteiger partial charge is 0.0615 e. The van der Waals surface area contributed by atoms with Crippen LogP contribution in [0.2, 0.25) is 0 Å². The Kier molecular flexibility index (Phi) is 7.40. The van der Waals surface area contributed by atoms with E-state index in [2.05, 4.69) is 61.7 Å². The van der Waals surface area contributed by atoms with Crippen LogP contribution in [0.5, 0.6) is 0 Å². The van der Waals surface area contributed by atoms with Gasteiger partial charge in [0, 0.05) is 25.6 Å². The Balaban J connectivity index is 2.66. The van der Waals surface area contributed by atoms with Gasteiger partial charge < -0.3 is 4.74 Å². The first-order valence-corrected chi connectivity index (χ1v) is 7.24. The summed E-state index contributed by atoms with van der Waals surface area (Å²) in [5, 5.41) is 0. The number of rotatable bonds is 8. The van der Waals surface area contributed by atoms with Crippen LogP contribution in [0.25, 0.3) is 0 Å². The highest BCUT2D eigenvalue weighted by molar-refractivity contribution is 7.80. The molecule has 0 fully saturated rings. The predicted molar refractivity (Wildman–Crippen MR) is 81.6 cm³/mol. The standard InChI is InChI=1S/C15H25NOS/c1-4-16(13(2)11-17-3)10-15(12-18)14-8-6-5-7-9-14/h5-9,13,15,18H,4,10-12H2,1-3H3. The van der Waals surface area contributed by atoms with E-state index in [0.717, 1.165) is 25.4 Å². The molecule has 3 heteroatoms. The minimum absolute atomic E-state index is 0.450. The summed E-state index contributed by atoms with van der Waals surface area (Å²) in [5.74, 6) is 1.36. The van der Waals surface area contributed by atoms with Crippen LogP contribution in [0.4, 0.5) is 0 Å². The second kappa shape index (κ2) is 8.57. The van der Waals surface area contributed by atoms with E-state index in [1.54, 1.807) is 7.11 Å². The van der Waals surface area contributed by atoms with E-state index in [9.17, 15) is 0 Å². The molecule has 102 valence electrons. The van der Waals surface area contributed by atoms with Gasteiger partial charge in [0.25, 0.3) is 0 Å². The lowest BCUT2D eigenvalue weighted by Crippen LogP contribution is -2.39. The van der Waals surface area contributed by atoms with Gasteiger partial charge >= 0.3 is 0 Å². The normalized spacial score (nSPS) is 14.7. The van der Waals surface area contributed by atoms with Gasteiger partial charge in [-0.25, -0.2) is 0 Å². The third-order valence-corrected chi connectivity index (χ3v) is 3.82. The van der Waals surface area contributed by atoms with Gasteiger partial charge in [0.1, 0.15) is 0 Å². The molecule has 2 atom stereocenters. The molecule has 2 unspecified atom stereocenters. The first-order chi connectivity index (χ1) is 8.72. The number of benzene rings is 1. The Morgan fingerprint density at radius 1 is 1.28 bits per heavy atom. The summed E-state index contributed by atoms with van der Waals surface area (Å²) >= 11 is 4.50. The van der Waals surface area contributed by atoms with Gasteiger partial charge in [0.15, 0.2) is 0 Å². The molecule has 0 aliphatic heterocycles. The van der Waals surface area contributed by atoms with Crippen molar-refractivity contribution in [1.82, 2.24) is 4.90 Å². The zero-order valence-electron chi connectivity index (χ0n) is 11.7. The molecule has 1 aromatic rings. The fourth-order valence-electron chi connectivity index (χ4n) is 2.24. The SMILES string of the molecule is CCN(CC(CS)c1ccccc1)C(C)COC. The summed E-state index contributed by atoms with van der Waals surface area (Å²) < 4.78 is 5.25. The number of ether oxygens (including phenoxy) is 1. The van der Waals surface area contributed by atoms with Gasteiger partial charge in [-0.05, 0) is 24.8 Å². The highest BCUT2D eigenvalue weighted by atomic mass is 32.1. The molecule has 1 rings (SSSR count). The average molecular weight is 267 g/mol. The number of thiol groups is 1. The van der Waals surface area contributed by atoms with Crippen molar-refractivity contribution in [2.45, 2.75) is 25.8 Å². The number of hydrogen-bond acceptors (Lipinski definition) is 3. The molecular formula is C15H25NOS. The molecule has 0 saturated carbocycles.